The molecule has 0 saturated heterocycles. The molecule has 0 fully saturated rings. The molecule has 1 aromatic carbocycles. The Morgan fingerprint density at radius 1 is 0.833 bits per heavy atom. The zero-order valence-corrected chi connectivity index (χ0v) is 20.6. The first-order chi connectivity index (χ1) is 14.7. The molecule has 1 atom stereocenters. The van der Waals surface area contributed by atoms with E-state index in [1.165, 1.54) is 86.1 Å². The molecule has 1 aromatic rings. The predicted molar refractivity (Wildman–Crippen MR) is 134 cm³/mol. The number of unbranched alkanes of at least 4 members (excludes halogenated alkanes) is 4. The van der Waals surface area contributed by atoms with Crippen LogP contribution >= 0.6 is 11.8 Å². The van der Waals surface area contributed by atoms with E-state index in [2.05, 4.69) is 62.6 Å². The molecule has 0 aromatic heterocycles. The van der Waals surface area contributed by atoms with Gasteiger partial charge in [0, 0.05) is 12.5 Å². The van der Waals surface area contributed by atoms with Crippen molar-refractivity contribution >= 4 is 23.2 Å². The largest absolute Gasteiger partial charge is 0.219 e. The molecule has 1 nitrogen and oxygen atoms in total. The second-order valence-electron chi connectivity index (χ2n) is 8.92. The van der Waals surface area contributed by atoms with Crippen molar-refractivity contribution in [2.24, 2.45) is 5.92 Å². The molecule has 0 spiro atoms. The Balaban J connectivity index is 2.15. The molecule has 0 radical (unpaired) electrons. The average molecular weight is 425 g/mol. The summed E-state index contributed by atoms with van der Waals surface area (Å²) in [5.41, 5.74) is 6.52. The van der Waals surface area contributed by atoms with E-state index in [1.54, 1.807) is 16.9 Å². The summed E-state index contributed by atoms with van der Waals surface area (Å²) >= 11 is 2.03. The van der Waals surface area contributed by atoms with Gasteiger partial charge in [0.1, 0.15) is 6.54 Å². The Kier molecular flexibility index (Phi) is 9.30. The minimum atomic E-state index is 0.612. The Hall–Kier alpha value is -1.28. The van der Waals surface area contributed by atoms with Crippen LogP contribution < -0.4 is 0 Å². The fourth-order valence-electron chi connectivity index (χ4n) is 4.88. The van der Waals surface area contributed by atoms with Gasteiger partial charge in [0.25, 0.3) is 0 Å². The summed E-state index contributed by atoms with van der Waals surface area (Å²) in [6.45, 7) is 10.5. The van der Waals surface area contributed by atoms with Crippen molar-refractivity contribution in [3.63, 3.8) is 0 Å². The van der Waals surface area contributed by atoms with Crippen LogP contribution in [0.15, 0.2) is 51.3 Å². The third kappa shape index (κ3) is 5.31. The number of hydrogen-bond donors (Lipinski definition) is 0. The highest BCUT2D eigenvalue weighted by molar-refractivity contribution is 8.04. The summed E-state index contributed by atoms with van der Waals surface area (Å²) < 4.78 is 2.71. The summed E-state index contributed by atoms with van der Waals surface area (Å²) in [4.78, 5) is 2.97. The Morgan fingerprint density at radius 3 is 2.27 bits per heavy atom. The van der Waals surface area contributed by atoms with Gasteiger partial charge in [-0.2, -0.15) is 4.58 Å². The second-order valence-corrected chi connectivity index (χ2v) is 10.0. The maximum atomic E-state index is 2.71. The van der Waals surface area contributed by atoms with Gasteiger partial charge in [0.15, 0.2) is 0 Å². The number of nitrogens with zero attached hydrogens (tertiary/aromatic N) is 1. The molecule has 1 unspecified atom stereocenters. The van der Waals surface area contributed by atoms with E-state index >= 15 is 0 Å². The van der Waals surface area contributed by atoms with Gasteiger partial charge in [-0.1, -0.05) is 89.3 Å². The molecule has 3 rings (SSSR count). The van der Waals surface area contributed by atoms with Crippen molar-refractivity contribution in [1.82, 2.24) is 0 Å². The lowest BCUT2D eigenvalue weighted by Gasteiger charge is -2.32. The number of para-hydroxylation sites is 1. The summed E-state index contributed by atoms with van der Waals surface area (Å²) in [7, 11) is 0. The van der Waals surface area contributed by atoms with Gasteiger partial charge in [-0.3, -0.25) is 0 Å². The average Bonchev–Trinajstić information content (AvgIpc) is 2.77. The van der Waals surface area contributed by atoms with Crippen LogP contribution in [-0.4, -0.2) is 16.8 Å². The highest BCUT2D eigenvalue weighted by Gasteiger charge is 2.40. The quantitative estimate of drug-likeness (QED) is 0.302. The first kappa shape index (κ1) is 23.4. The fraction of sp³-hybridized carbons (Fsp3) is 0.607. The molecule has 0 bridgehead atoms. The van der Waals surface area contributed by atoms with E-state index < -0.39 is 0 Å². The maximum absolute atomic E-state index is 2.71. The predicted octanol–water partition coefficient (Wildman–Crippen LogP) is 9.06. The van der Waals surface area contributed by atoms with E-state index in [-0.39, 0.29) is 0 Å². The summed E-state index contributed by atoms with van der Waals surface area (Å²) in [5, 5.41) is 0. The second kappa shape index (κ2) is 11.9. The Bertz CT molecular complexity index is 799. The number of benzene rings is 1. The first-order valence-electron chi connectivity index (χ1n) is 12.6. The smallest absolute Gasteiger partial charge is 0.194 e. The Morgan fingerprint density at radius 2 is 1.53 bits per heavy atom. The SMILES string of the molecule is CCCCC1=C(CCCC)C(CCCC)C2=[N+](CCCC)c3ccccc3SC2=C1. The van der Waals surface area contributed by atoms with Gasteiger partial charge < -0.3 is 0 Å². The fourth-order valence-corrected chi connectivity index (χ4v) is 6.11. The molecule has 2 aliphatic rings. The van der Waals surface area contributed by atoms with Crippen LogP contribution in [0.3, 0.4) is 0 Å². The van der Waals surface area contributed by atoms with Crippen molar-refractivity contribution < 1.29 is 4.58 Å². The normalized spacial score (nSPS) is 18.4. The van der Waals surface area contributed by atoms with Crippen LogP contribution in [0.4, 0.5) is 5.69 Å². The van der Waals surface area contributed by atoms with Gasteiger partial charge >= 0.3 is 0 Å². The van der Waals surface area contributed by atoms with Crippen LogP contribution in [0.2, 0.25) is 0 Å². The molecule has 0 saturated carbocycles. The monoisotopic (exact) mass is 424 g/mol. The van der Waals surface area contributed by atoms with E-state index in [4.69, 9.17) is 0 Å². The van der Waals surface area contributed by atoms with Crippen molar-refractivity contribution in [3.8, 4) is 0 Å². The van der Waals surface area contributed by atoms with Gasteiger partial charge in [0.05, 0.1) is 15.7 Å². The van der Waals surface area contributed by atoms with Crippen molar-refractivity contribution in [3.05, 3.63) is 46.4 Å². The van der Waals surface area contributed by atoms with Crippen LogP contribution in [0.1, 0.15) is 98.3 Å². The summed E-state index contributed by atoms with van der Waals surface area (Å²) in [5.74, 6) is 0.612. The van der Waals surface area contributed by atoms with Gasteiger partial charge in [0.2, 0.25) is 11.4 Å². The summed E-state index contributed by atoms with van der Waals surface area (Å²) in [6.07, 6.45) is 16.8. The van der Waals surface area contributed by atoms with E-state index in [0.717, 1.165) is 6.54 Å². The van der Waals surface area contributed by atoms with Crippen LogP contribution in [0.25, 0.3) is 0 Å². The maximum Gasteiger partial charge on any atom is 0.219 e. The number of hydrogen-bond acceptors (Lipinski definition) is 1. The summed E-state index contributed by atoms with van der Waals surface area (Å²) in [6, 6.07) is 9.09. The molecule has 2 heteroatoms. The van der Waals surface area contributed by atoms with Gasteiger partial charge in [-0.15, -0.1) is 0 Å². The highest BCUT2D eigenvalue weighted by atomic mass is 32.2. The molecule has 0 N–H and O–H groups in total. The zero-order valence-electron chi connectivity index (χ0n) is 19.8. The lowest BCUT2D eigenvalue weighted by atomic mass is 9.78. The lowest BCUT2D eigenvalue weighted by molar-refractivity contribution is -0.446. The van der Waals surface area contributed by atoms with Crippen molar-refractivity contribution in [1.29, 1.82) is 0 Å². The molecule has 1 aliphatic carbocycles. The molecule has 164 valence electrons. The Labute approximate surface area is 189 Å². The van der Waals surface area contributed by atoms with Crippen molar-refractivity contribution in [2.45, 2.75) is 103 Å². The van der Waals surface area contributed by atoms with Crippen molar-refractivity contribution in [2.75, 3.05) is 6.54 Å². The standard InChI is InChI=1S/C28H42NS/c1-5-9-15-22-21-27-28(24(17-11-7-3)23(22)16-10-6-2)29(20-12-8-4)25-18-13-14-19-26(25)30-27/h13-14,18-19,21,24H,5-12,15-17,20H2,1-4H3/q+1. The minimum absolute atomic E-state index is 0.612. The molecule has 0 amide bonds. The highest BCUT2D eigenvalue weighted by Crippen LogP contribution is 2.47. The molecule has 1 heterocycles. The third-order valence-electron chi connectivity index (χ3n) is 6.57. The van der Waals surface area contributed by atoms with Crippen LogP contribution in [-0.2, 0) is 0 Å². The zero-order chi connectivity index (χ0) is 21.3. The molecule has 1 aliphatic heterocycles. The topological polar surface area (TPSA) is 3.01 Å². The molecular formula is C28H42NS+. The van der Waals surface area contributed by atoms with E-state index in [0.29, 0.717) is 5.92 Å². The van der Waals surface area contributed by atoms with E-state index in [1.807, 2.05) is 11.8 Å². The van der Waals surface area contributed by atoms with Crippen LogP contribution in [0, 0.1) is 5.92 Å². The number of thioether (sulfide) groups is 1. The van der Waals surface area contributed by atoms with Gasteiger partial charge in [-0.05, 0) is 49.8 Å². The van der Waals surface area contributed by atoms with Gasteiger partial charge in [-0.25, -0.2) is 0 Å². The number of rotatable bonds is 12. The molecular weight excluding hydrogens is 382 g/mol. The number of fused-ring (bicyclic) bond motifs is 2. The first-order valence-corrected chi connectivity index (χ1v) is 13.4. The third-order valence-corrected chi connectivity index (χ3v) is 7.68. The van der Waals surface area contributed by atoms with E-state index in [9.17, 15) is 0 Å². The minimum Gasteiger partial charge on any atom is -0.194 e. The lowest BCUT2D eigenvalue weighted by Crippen LogP contribution is -2.33. The van der Waals surface area contributed by atoms with Crippen LogP contribution in [0.5, 0.6) is 0 Å². The molecule has 30 heavy (non-hydrogen) atoms. The number of allylic oxidation sites excluding steroid dienone is 4.